The number of aliphatic imine (C=N–C) groups is 1. The van der Waals surface area contributed by atoms with Crippen LogP contribution in [0.4, 0.5) is 13.2 Å². The summed E-state index contributed by atoms with van der Waals surface area (Å²) in [7, 11) is 0. The van der Waals surface area contributed by atoms with E-state index in [9.17, 15) is 18.0 Å². The molecule has 0 radical (unpaired) electrons. The first kappa shape index (κ1) is 18.2. The van der Waals surface area contributed by atoms with Crippen molar-refractivity contribution in [2.75, 3.05) is 6.26 Å². The fourth-order valence-corrected chi connectivity index (χ4v) is 1.98. The van der Waals surface area contributed by atoms with Gasteiger partial charge in [-0.3, -0.25) is 9.79 Å². The SMILES string of the molecule is CSC(C[C@H](N)C[C@H](C)C(=O)O)=NC(C)C(F)(F)F. The van der Waals surface area contributed by atoms with Crippen molar-refractivity contribution in [1.82, 2.24) is 0 Å². The van der Waals surface area contributed by atoms with E-state index in [-0.39, 0.29) is 17.9 Å². The minimum atomic E-state index is -4.38. The number of carboxylic acid groups (broad SMARTS) is 1. The van der Waals surface area contributed by atoms with Crippen LogP contribution in [0.2, 0.25) is 0 Å². The molecule has 1 unspecified atom stereocenters. The molecule has 0 amide bonds. The van der Waals surface area contributed by atoms with Crippen molar-refractivity contribution in [2.45, 2.75) is 44.9 Å². The van der Waals surface area contributed by atoms with Crippen LogP contribution in [0, 0.1) is 5.92 Å². The first-order chi connectivity index (χ1) is 8.57. The molecule has 0 aliphatic rings. The second kappa shape index (κ2) is 7.74. The molecule has 0 rings (SSSR count). The van der Waals surface area contributed by atoms with Crippen LogP contribution in [0.3, 0.4) is 0 Å². The van der Waals surface area contributed by atoms with Gasteiger partial charge in [0, 0.05) is 12.5 Å². The number of hydrogen-bond donors (Lipinski definition) is 2. The molecule has 8 heteroatoms. The van der Waals surface area contributed by atoms with Crippen LogP contribution in [0.1, 0.15) is 26.7 Å². The Morgan fingerprint density at radius 2 is 1.95 bits per heavy atom. The summed E-state index contributed by atoms with van der Waals surface area (Å²) in [4.78, 5) is 14.2. The molecule has 0 aliphatic carbocycles. The standard InChI is InChI=1S/C11H19F3N2O2S/c1-6(10(17)18)4-8(15)5-9(19-3)16-7(2)11(12,13)14/h6-8H,4-5,15H2,1-3H3,(H,17,18)/t6-,7?,8+/m0/s1. The Labute approximate surface area is 114 Å². The normalized spacial score (nSPS) is 17.9. The van der Waals surface area contributed by atoms with Gasteiger partial charge in [-0.15, -0.1) is 11.8 Å². The number of nitrogens with zero attached hydrogens (tertiary/aromatic N) is 1. The van der Waals surface area contributed by atoms with Crippen LogP contribution in [-0.2, 0) is 4.79 Å². The quantitative estimate of drug-likeness (QED) is 0.584. The van der Waals surface area contributed by atoms with Crippen LogP contribution in [0.15, 0.2) is 4.99 Å². The maximum absolute atomic E-state index is 12.4. The average molecular weight is 300 g/mol. The Hall–Kier alpha value is -0.760. The van der Waals surface area contributed by atoms with Crippen molar-refractivity contribution in [3.63, 3.8) is 0 Å². The van der Waals surface area contributed by atoms with E-state index in [0.29, 0.717) is 0 Å². The van der Waals surface area contributed by atoms with Gasteiger partial charge in [0.05, 0.1) is 11.0 Å². The van der Waals surface area contributed by atoms with Gasteiger partial charge in [-0.25, -0.2) is 0 Å². The third-order valence-corrected chi connectivity index (χ3v) is 3.30. The van der Waals surface area contributed by atoms with E-state index >= 15 is 0 Å². The maximum atomic E-state index is 12.4. The molecule has 0 spiro atoms. The summed E-state index contributed by atoms with van der Waals surface area (Å²) in [5, 5.41) is 9.02. The largest absolute Gasteiger partial charge is 0.481 e. The highest BCUT2D eigenvalue weighted by molar-refractivity contribution is 8.13. The lowest BCUT2D eigenvalue weighted by Crippen LogP contribution is -2.29. The lowest BCUT2D eigenvalue weighted by molar-refractivity contribution is -0.142. The van der Waals surface area contributed by atoms with Gasteiger partial charge >= 0.3 is 12.1 Å². The molecule has 0 aromatic carbocycles. The molecule has 0 aromatic heterocycles. The molecule has 0 aliphatic heterocycles. The van der Waals surface area contributed by atoms with E-state index < -0.39 is 30.1 Å². The van der Waals surface area contributed by atoms with E-state index in [2.05, 4.69) is 4.99 Å². The Morgan fingerprint density at radius 3 is 2.32 bits per heavy atom. The van der Waals surface area contributed by atoms with Crippen molar-refractivity contribution >= 4 is 22.8 Å². The monoisotopic (exact) mass is 300 g/mol. The predicted octanol–water partition coefficient (Wildman–Crippen LogP) is 2.53. The second-order valence-corrected chi connectivity index (χ2v) is 5.26. The zero-order valence-electron chi connectivity index (χ0n) is 11.1. The second-order valence-electron chi connectivity index (χ2n) is 4.38. The van der Waals surface area contributed by atoms with Gasteiger partial charge in [0.1, 0.15) is 6.04 Å². The topological polar surface area (TPSA) is 75.7 Å². The number of carbonyl (C=O) groups is 1. The molecule has 0 bridgehead atoms. The van der Waals surface area contributed by atoms with Crippen molar-refractivity contribution in [2.24, 2.45) is 16.6 Å². The first-order valence-electron chi connectivity index (χ1n) is 5.73. The molecule has 4 nitrogen and oxygen atoms in total. The summed E-state index contributed by atoms with van der Waals surface area (Å²) < 4.78 is 37.1. The van der Waals surface area contributed by atoms with Crippen LogP contribution in [-0.4, -0.2) is 40.6 Å². The van der Waals surface area contributed by atoms with Gasteiger partial charge < -0.3 is 10.8 Å². The van der Waals surface area contributed by atoms with E-state index in [4.69, 9.17) is 10.8 Å². The summed E-state index contributed by atoms with van der Waals surface area (Å²) in [5.41, 5.74) is 5.73. The van der Waals surface area contributed by atoms with Crippen LogP contribution >= 0.6 is 11.8 Å². The van der Waals surface area contributed by atoms with E-state index in [0.717, 1.165) is 18.7 Å². The summed E-state index contributed by atoms with van der Waals surface area (Å²) in [6.07, 6.45) is -2.40. The number of rotatable bonds is 6. The zero-order chi connectivity index (χ0) is 15.2. The van der Waals surface area contributed by atoms with Crippen LogP contribution < -0.4 is 5.73 Å². The minimum Gasteiger partial charge on any atom is -0.481 e. The lowest BCUT2D eigenvalue weighted by atomic mass is 10.0. The summed E-state index contributed by atoms with van der Waals surface area (Å²) in [6.45, 7) is 2.48. The minimum absolute atomic E-state index is 0.152. The van der Waals surface area contributed by atoms with Crippen LogP contribution in [0.5, 0.6) is 0 Å². The Balaban J connectivity index is 4.56. The molecule has 0 aromatic rings. The predicted molar refractivity (Wildman–Crippen MR) is 70.5 cm³/mol. The van der Waals surface area contributed by atoms with Gasteiger partial charge in [-0.05, 0) is 19.6 Å². The third kappa shape index (κ3) is 7.41. The number of carboxylic acids is 1. The molecular formula is C11H19F3N2O2S. The number of alkyl halides is 3. The lowest BCUT2D eigenvalue weighted by Gasteiger charge is -2.17. The molecule has 0 fully saturated rings. The Bertz CT molecular complexity index is 334. The molecular weight excluding hydrogens is 281 g/mol. The summed E-state index contributed by atoms with van der Waals surface area (Å²) in [6, 6.07) is -2.29. The van der Waals surface area contributed by atoms with Crippen molar-refractivity contribution in [1.29, 1.82) is 0 Å². The maximum Gasteiger partial charge on any atom is 0.410 e. The number of halogens is 3. The van der Waals surface area contributed by atoms with Gasteiger partial charge in [0.2, 0.25) is 0 Å². The average Bonchev–Trinajstić information content (AvgIpc) is 2.26. The Kier molecular flexibility index (Phi) is 7.43. The van der Waals surface area contributed by atoms with Crippen molar-refractivity contribution in [3.05, 3.63) is 0 Å². The molecule has 112 valence electrons. The van der Waals surface area contributed by atoms with Gasteiger partial charge in [-0.2, -0.15) is 13.2 Å². The van der Waals surface area contributed by atoms with Crippen molar-refractivity contribution in [3.8, 4) is 0 Å². The van der Waals surface area contributed by atoms with Crippen LogP contribution in [0.25, 0.3) is 0 Å². The fraction of sp³-hybridized carbons (Fsp3) is 0.818. The summed E-state index contributed by atoms with van der Waals surface area (Å²) >= 11 is 1.10. The highest BCUT2D eigenvalue weighted by Gasteiger charge is 2.36. The van der Waals surface area contributed by atoms with Crippen molar-refractivity contribution < 1.29 is 23.1 Å². The number of thioether (sulfide) groups is 1. The smallest absolute Gasteiger partial charge is 0.410 e. The highest BCUT2D eigenvalue weighted by Crippen LogP contribution is 2.24. The molecule has 3 N–H and O–H groups in total. The third-order valence-electron chi connectivity index (χ3n) is 2.56. The molecule has 0 heterocycles. The summed E-state index contributed by atoms with van der Waals surface area (Å²) in [5.74, 6) is -1.60. The fourth-order valence-electron chi connectivity index (χ4n) is 1.34. The van der Waals surface area contributed by atoms with Gasteiger partial charge in [0.25, 0.3) is 0 Å². The Morgan fingerprint density at radius 1 is 1.42 bits per heavy atom. The number of hydrogen-bond acceptors (Lipinski definition) is 4. The molecule has 3 atom stereocenters. The van der Waals surface area contributed by atoms with E-state index in [1.165, 1.54) is 6.92 Å². The van der Waals surface area contributed by atoms with Gasteiger partial charge in [-0.1, -0.05) is 6.92 Å². The molecule has 19 heavy (non-hydrogen) atoms. The van der Waals surface area contributed by atoms with E-state index in [1.54, 1.807) is 6.26 Å². The number of nitrogens with two attached hydrogens (primary N) is 1. The first-order valence-corrected chi connectivity index (χ1v) is 6.96. The molecule has 0 saturated carbocycles. The number of aliphatic carboxylic acids is 1. The van der Waals surface area contributed by atoms with Gasteiger partial charge in [0.15, 0.2) is 0 Å². The molecule has 0 saturated heterocycles. The highest BCUT2D eigenvalue weighted by atomic mass is 32.2. The zero-order valence-corrected chi connectivity index (χ0v) is 11.9. The van der Waals surface area contributed by atoms with E-state index in [1.807, 2.05) is 0 Å².